The lowest BCUT2D eigenvalue weighted by atomic mass is 10.1. The normalized spacial score (nSPS) is 14.2. The van der Waals surface area contributed by atoms with Crippen LogP contribution in [0.4, 0.5) is 4.39 Å². The fraction of sp³-hybridized carbons (Fsp3) is 0.417. The van der Waals surface area contributed by atoms with E-state index in [1.54, 1.807) is 19.1 Å². The van der Waals surface area contributed by atoms with Gasteiger partial charge in [-0.1, -0.05) is 6.07 Å². The maximum absolute atomic E-state index is 13.0. The number of amides is 1. The van der Waals surface area contributed by atoms with Crippen molar-refractivity contribution < 1.29 is 9.18 Å². The van der Waals surface area contributed by atoms with Crippen LogP contribution >= 0.6 is 15.9 Å². The summed E-state index contributed by atoms with van der Waals surface area (Å²) in [4.78, 5) is 11.4. The van der Waals surface area contributed by atoms with Crippen molar-refractivity contribution in [3.8, 4) is 0 Å². The van der Waals surface area contributed by atoms with Crippen LogP contribution in [-0.4, -0.2) is 18.0 Å². The first kappa shape index (κ1) is 14.1. The molecule has 3 N–H and O–H groups in total. The highest BCUT2D eigenvalue weighted by molar-refractivity contribution is 9.10. The molecule has 0 heterocycles. The van der Waals surface area contributed by atoms with Crippen LogP contribution in [-0.2, 0) is 11.2 Å². The van der Waals surface area contributed by atoms with E-state index < -0.39 is 6.04 Å². The van der Waals surface area contributed by atoms with Crippen LogP contribution in [0.5, 0.6) is 0 Å². The predicted molar refractivity (Wildman–Crippen MR) is 69.1 cm³/mol. The molecule has 0 aromatic heterocycles. The van der Waals surface area contributed by atoms with E-state index >= 15 is 0 Å². The number of halogens is 2. The van der Waals surface area contributed by atoms with Crippen LogP contribution in [0.2, 0.25) is 0 Å². The Bertz CT molecular complexity index is 409. The van der Waals surface area contributed by atoms with Gasteiger partial charge in [0, 0.05) is 6.04 Å². The highest BCUT2D eigenvalue weighted by Crippen LogP contribution is 2.17. The molecule has 1 aromatic carbocycles. The summed E-state index contributed by atoms with van der Waals surface area (Å²) < 4.78 is 13.5. The van der Waals surface area contributed by atoms with Crippen LogP contribution in [0.1, 0.15) is 19.4 Å². The Morgan fingerprint density at radius 1 is 1.53 bits per heavy atom. The van der Waals surface area contributed by atoms with Gasteiger partial charge in [-0.05, 0) is 53.9 Å². The topological polar surface area (TPSA) is 55.1 Å². The Kier molecular flexibility index (Phi) is 5.08. The van der Waals surface area contributed by atoms with Crippen LogP contribution < -0.4 is 11.1 Å². The predicted octanol–water partition coefficient (Wildman–Crippen LogP) is 1.98. The van der Waals surface area contributed by atoms with E-state index in [4.69, 9.17) is 5.73 Å². The van der Waals surface area contributed by atoms with Gasteiger partial charge in [-0.15, -0.1) is 0 Å². The zero-order valence-electron chi connectivity index (χ0n) is 9.84. The third-order valence-electron chi connectivity index (χ3n) is 2.33. The highest BCUT2D eigenvalue weighted by atomic mass is 79.9. The summed E-state index contributed by atoms with van der Waals surface area (Å²) in [6.07, 6.45) is 0.636. The lowest BCUT2D eigenvalue weighted by Gasteiger charge is -2.15. The van der Waals surface area contributed by atoms with Crippen molar-refractivity contribution in [3.05, 3.63) is 34.1 Å². The summed E-state index contributed by atoms with van der Waals surface area (Å²) in [6.45, 7) is 3.52. The molecule has 1 unspecified atom stereocenters. The molecule has 1 aromatic rings. The van der Waals surface area contributed by atoms with Gasteiger partial charge in [-0.25, -0.2) is 4.39 Å². The summed E-state index contributed by atoms with van der Waals surface area (Å²) in [5.41, 5.74) is 6.41. The van der Waals surface area contributed by atoms with Crippen LogP contribution in [0.15, 0.2) is 22.7 Å². The summed E-state index contributed by atoms with van der Waals surface area (Å²) in [6, 6.07) is 4.26. The maximum atomic E-state index is 13.0. The molecule has 0 bridgehead atoms. The number of benzene rings is 1. The molecule has 0 saturated heterocycles. The van der Waals surface area contributed by atoms with Crippen molar-refractivity contribution in [1.29, 1.82) is 0 Å². The van der Waals surface area contributed by atoms with E-state index in [2.05, 4.69) is 21.2 Å². The number of nitrogens with one attached hydrogen (secondary N) is 1. The number of hydrogen-bond acceptors (Lipinski definition) is 2. The fourth-order valence-corrected chi connectivity index (χ4v) is 1.87. The standard InChI is InChI=1S/C12H16BrFN2O/c1-7(16-12(17)8(2)15)5-9-3-4-11(14)10(13)6-9/h3-4,6-8H,5,15H2,1-2H3,(H,16,17)/t7?,8-/m0/s1. The molecule has 0 saturated carbocycles. The second kappa shape index (κ2) is 6.12. The van der Waals surface area contributed by atoms with Crippen molar-refractivity contribution in [2.45, 2.75) is 32.4 Å². The maximum Gasteiger partial charge on any atom is 0.236 e. The first-order valence-electron chi connectivity index (χ1n) is 5.40. The molecule has 1 amide bonds. The molecular formula is C12H16BrFN2O. The molecule has 3 nitrogen and oxygen atoms in total. The smallest absolute Gasteiger partial charge is 0.236 e. The van der Waals surface area contributed by atoms with Crippen molar-refractivity contribution in [2.24, 2.45) is 5.73 Å². The minimum Gasteiger partial charge on any atom is -0.352 e. The lowest BCUT2D eigenvalue weighted by molar-refractivity contribution is -0.122. The van der Waals surface area contributed by atoms with Crippen molar-refractivity contribution in [2.75, 3.05) is 0 Å². The molecule has 0 fully saturated rings. The van der Waals surface area contributed by atoms with E-state index in [1.807, 2.05) is 6.92 Å². The monoisotopic (exact) mass is 302 g/mol. The van der Waals surface area contributed by atoms with Crippen LogP contribution in [0, 0.1) is 5.82 Å². The highest BCUT2D eigenvalue weighted by Gasteiger charge is 2.12. The second-order valence-electron chi connectivity index (χ2n) is 4.15. The number of carbonyl (C=O) groups excluding carboxylic acids is 1. The van der Waals surface area contributed by atoms with Gasteiger partial charge >= 0.3 is 0 Å². The summed E-state index contributed by atoms with van der Waals surface area (Å²) in [5.74, 6) is -0.473. The van der Waals surface area contributed by atoms with E-state index in [0.29, 0.717) is 10.9 Å². The van der Waals surface area contributed by atoms with Gasteiger partial charge in [0.15, 0.2) is 0 Å². The van der Waals surface area contributed by atoms with Crippen LogP contribution in [0.3, 0.4) is 0 Å². The van der Waals surface area contributed by atoms with Gasteiger partial charge in [0.25, 0.3) is 0 Å². The Labute approximate surface area is 109 Å². The summed E-state index contributed by atoms with van der Waals surface area (Å²) in [5, 5.41) is 2.79. The second-order valence-corrected chi connectivity index (χ2v) is 5.01. The molecule has 1 rings (SSSR count). The van der Waals surface area contributed by atoms with Crippen molar-refractivity contribution >= 4 is 21.8 Å². The molecule has 0 aliphatic heterocycles. The van der Waals surface area contributed by atoms with E-state index in [9.17, 15) is 9.18 Å². The van der Waals surface area contributed by atoms with Crippen molar-refractivity contribution in [3.63, 3.8) is 0 Å². The minimum atomic E-state index is -0.516. The van der Waals surface area contributed by atoms with Crippen molar-refractivity contribution in [1.82, 2.24) is 5.32 Å². The van der Waals surface area contributed by atoms with Gasteiger partial charge in [-0.2, -0.15) is 0 Å². The molecule has 0 radical (unpaired) electrons. The summed E-state index contributed by atoms with van der Waals surface area (Å²) >= 11 is 3.13. The average molecular weight is 303 g/mol. The fourth-order valence-electron chi connectivity index (χ4n) is 1.45. The molecule has 0 aliphatic rings. The Balaban J connectivity index is 2.59. The molecule has 5 heteroatoms. The van der Waals surface area contributed by atoms with Gasteiger partial charge in [0.2, 0.25) is 5.91 Å². The van der Waals surface area contributed by atoms with Gasteiger partial charge in [-0.3, -0.25) is 4.79 Å². The number of carbonyl (C=O) groups is 1. The zero-order valence-corrected chi connectivity index (χ0v) is 11.4. The Morgan fingerprint density at radius 3 is 2.71 bits per heavy atom. The van der Waals surface area contributed by atoms with Crippen LogP contribution in [0.25, 0.3) is 0 Å². The minimum absolute atomic E-state index is 0.0362. The SMILES string of the molecule is CC(Cc1ccc(F)c(Br)c1)NC(=O)[C@H](C)N. The van der Waals surface area contributed by atoms with E-state index in [0.717, 1.165) is 5.56 Å². The quantitative estimate of drug-likeness (QED) is 0.893. The first-order chi connectivity index (χ1) is 7.90. The number of nitrogens with two attached hydrogens (primary N) is 1. The molecule has 0 spiro atoms. The Morgan fingerprint density at radius 2 is 2.18 bits per heavy atom. The van der Waals surface area contributed by atoms with Gasteiger partial charge < -0.3 is 11.1 Å². The third-order valence-corrected chi connectivity index (χ3v) is 2.94. The lowest BCUT2D eigenvalue weighted by Crippen LogP contribution is -2.43. The molecule has 0 aliphatic carbocycles. The Hall–Kier alpha value is -0.940. The summed E-state index contributed by atoms with van der Waals surface area (Å²) in [7, 11) is 0. The third kappa shape index (κ3) is 4.44. The molecule has 2 atom stereocenters. The van der Waals surface area contributed by atoms with Gasteiger partial charge in [0.1, 0.15) is 5.82 Å². The number of hydrogen-bond donors (Lipinski definition) is 2. The zero-order chi connectivity index (χ0) is 13.0. The molecule has 94 valence electrons. The first-order valence-corrected chi connectivity index (χ1v) is 6.19. The average Bonchev–Trinajstić information content (AvgIpc) is 2.23. The largest absolute Gasteiger partial charge is 0.352 e. The number of rotatable bonds is 4. The van der Waals surface area contributed by atoms with E-state index in [-0.39, 0.29) is 17.8 Å². The molecular weight excluding hydrogens is 287 g/mol. The van der Waals surface area contributed by atoms with Gasteiger partial charge in [0.05, 0.1) is 10.5 Å². The molecule has 17 heavy (non-hydrogen) atoms. The van der Waals surface area contributed by atoms with E-state index in [1.165, 1.54) is 6.07 Å².